The fraction of sp³-hybridized carbons (Fsp3) is 0.231. The number of para-hydroxylation sites is 1. The summed E-state index contributed by atoms with van der Waals surface area (Å²) in [7, 11) is 1.65. The van der Waals surface area contributed by atoms with Crippen molar-refractivity contribution < 1.29 is 9.53 Å². The van der Waals surface area contributed by atoms with Gasteiger partial charge >= 0.3 is 0 Å². The summed E-state index contributed by atoms with van der Waals surface area (Å²) in [5.41, 5.74) is 6.20. The molecule has 0 fully saturated rings. The van der Waals surface area contributed by atoms with Crippen LogP contribution >= 0.6 is 11.8 Å². The Hall–Kier alpha value is -1.95. The summed E-state index contributed by atoms with van der Waals surface area (Å²) in [6, 6.07) is 7.81. The molecule has 0 bridgehead atoms. The van der Waals surface area contributed by atoms with E-state index in [9.17, 15) is 4.79 Å². The number of rotatable bonds is 6. The molecular weight excluding hydrogens is 262 g/mol. The van der Waals surface area contributed by atoms with E-state index in [2.05, 4.69) is 4.98 Å². The maximum absolute atomic E-state index is 10.8. The maximum atomic E-state index is 10.8. The minimum absolute atomic E-state index is 0.225. The van der Waals surface area contributed by atoms with Crippen molar-refractivity contribution in [2.24, 2.45) is 5.73 Å². The number of carbonyl (C=O) groups excluding carboxylic acids is 1. The predicted molar refractivity (Wildman–Crippen MR) is 74.2 cm³/mol. The number of aromatic nitrogens is 2. The van der Waals surface area contributed by atoms with Gasteiger partial charge in [-0.2, -0.15) is 0 Å². The lowest BCUT2D eigenvalue weighted by molar-refractivity contribution is -0.115. The van der Waals surface area contributed by atoms with Gasteiger partial charge < -0.3 is 15.0 Å². The summed E-state index contributed by atoms with van der Waals surface area (Å²) in [4.78, 5) is 15.0. The number of hydrogen-bond acceptors (Lipinski definition) is 4. The largest absolute Gasteiger partial charge is 0.496 e. The normalized spacial score (nSPS) is 10.4. The van der Waals surface area contributed by atoms with Crippen LogP contribution in [0.1, 0.15) is 5.56 Å². The molecule has 0 aliphatic rings. The van der Waals surface area contributed by atoms with Gasteiger partial charge in [0.1, 0.15) is 5.75 Å². The van der Waals surface area contributed by atoms with E-state index in [1.165, 1.54) is 11.8 Å². The second-order valence-corrected chi connectivity index (χ2v) is 4.85. The van der Waals surface area contributed by atoms with Gasteiger partial charge in [-0.1, -0.05) is 30.0 Å². The highest BCUT2D eigenvalue weighted by Gasteiger charge is 2.08. The molecule has 100 valence electrons. The monoisotopic (exact) mass is 277 g/mol. The summed E-state index contributed by atoms with van der Waals surface area (Å²) >= 11 is 1.33. The second kappa shape index (κ2) is 6.29. The first-order chi connectivity index (χ1) is 9.20. The molecule has 5 nitrogen and oxygen atoms in total. The quantitative estimate of drug-likeness (QED) is 0.813. The molecule has 1 heterocycles. The lowest BCUT2D eigenvalue weighted by Crippen LogP contribution is -2.14. The highest BCUT2D eigenvalue weighted by molar-refractivity contribution is 7.99. The molecule has 2 N–H and O–H groups in total. The van der Waals surface area contributed by atoms with Gasteiger partial charge in [-0.3, -0.25) is 4.79 Å². The third-order valence-electron chi connectivity index (χ3n) is 2.55. The molecule has 2 rings (SSSR count). The zero-order chi connectivity index (χ0) is 13.7. The Labute approximate surface area is 115 Å². The number of imidazole rings is 1. The topological polar surface area (TPSA) is 70.1 Å². The van der Waals surface area contributed by atoms with Crippen molar-refractivity contribution in [1.29, 1.82) is 0 Å². The van der Waals surface area contributed by atoms with Gasteiger partial charge in [0.05, 0.1) is 19.4 Å². The average Bonchev–Trinajstić information content (AvgIpc) is 2.84. The number of thioether (sulfide) groups is 1. The maximum Gasteiger partial charge on any atom is 0.227 e. The van der Waals surface area contributed by atoms with Crippen molar-refractivity contribution in [3.63, 3.8) is 0 Å². The molecule has 2 aromatic rings. The number of primary amides is 1. The third kappa shape index (κ3) is 3.51. The Kier molecular flexibility index (Phi) is 4.46. The number of amides is 1. The lowest BCUT2D eigenvalue weighted by Gasteiger charge is -2.10. The zero-order valence-corrected chi connectivity index (χ0v) is 11.4. The van der Waals surface area contributed by atoms with E-state index < -0.39 is 0 Å². The third-order valence-corrected chi connectivity index (χ3v) is 3.58. The van der Waals surface area contributed by atoms with Gasteiger partial charge in [0, 0.05) is 18.0 Å². The number of nitrogens with zero attached hydrogens (tertiary/aromatic N) is 2. The summed E-state index contributed by atoms with van der Waals surface area (Å²) < 4.78 is 7.28. The first-order valence-electron chi connectivity index (χ1n) is 5.75. The molecule has 0 radical (unpaired) electrons. The van der Waals surface area contributed by atoms with Crippen molar-refractivity contribution in [3.05, 3.63) is 42.2 Å². The lowest BCUT2D eigenvalue weighted by atomic mass is 10.2. The van der Waals surface area contributed by atoms with Crippen LogP contribution in [0.2, 0.25) is 0 Å². The van der Waals surface area contributed by atoms with E-state index in [1.807, 2.05) is 35.0 Å². The molecule has 0 saturated carbocycles. The van der Waals surface area contributed by atoms with Gasteiger partial charge in [-0.25, -0.2) is 4.98 Å². The molecule has 19 heavy (non-hydrogen) atoms. The van der Waals surface area contributed by atoms with Crippen LogP contribution in [0, 0.1) is 0 Å². The molecule has 0 aliphatic carbocycles. The zero-order valence-electron chi connectivity index (χ0n) is 10.6. The van der Waals surface area contributed by atoms with E-state index in [-0.39, 0.29) is 11.7 Å². The van der Waals surface area contributed by atoms with Gasteiger partial charge in [-0.15, -0.1) is 0 Å². The molecule has 1 aromatic carbocycles. The number of benzene rings is 1. The van der Waals surface area contributed by atoms with E-state index >= 15 is 0 Å². The van der Waals surface area contributed by atoms with Crippen molar-refractivity contribution in [1.82, 2.24) is 9.55 Å². The number of nitrogens with two attached hydrogens (primary N) is 1. The Morgan fingerprint density at radius 2 is 2.26 bits per heavy atom. The van der Waals surface area contributed by atoms with Crippen LogP contribution in [0.25, 0.3) is 0 Å². The first kappa shape index (κ1) is 13.5. The van der Waals surface area contributed by atoms with Crippen LogP contribution < -0.4 is 10.5 Å². The molecule has 6 heteroatoms. The Balaban J connectivity index is 2.15. The molecule has 0 saturated heterocycles. The molecule has 1 amide bonds. The van der Waals surface area contributed by atoms with Crippen LogP contribution in [0.3, 0.4) is 0 Å². The van der Waals surface area contributed by atoms with Crippen molar-refractivity contribution >= 4 is 17.7 Å². The fourth-order valence-corrected chi connectivity index (χ4v) is 2.41. The van der Waals surface area contributed by atoms with Crippen LogP contribution in [-0.4, -0.2) is 28.3 Å². The minimum Gasteiger partial charge on any atom is -0.496 e. The second-order valence-electron chi connectivity index (χ2n) is 3.90. The number of ether oxygens (including phenoxy) is 1. The average molecular weight is 277 g/mol. The van der Waals surface area contributed by atoms with Gasteiger partial charge in [-0.05, 0) is 6.07 Å². The van der Waals surface area contributed by atoms with Crippen molar-refractivity contribution in [2.45, 2.75) is 11.7 Å². The number of hydrogen-bond donors (Lipinski definition) is 1. The molecular formula is C13H15N3O2S. The molecule has 0 aliphatic heterocycles. The summed E-state index contributed by atoms with van der Waals surface area (Å²) in [6.45, 7) is 0.644. The van der Waals surface area contributed by atoms with E-state index in [1.54, 1.807) is 13.3 Å². The molecule has 1 aromatic heterocycles. The number of carbonyl (C=O) groups is 1. The summed E-state index contributed by atoms with van der Waals surface area (Å²) in [5, 5.41) is 0.768. The molecule has 0 atom stereocenters. The van der Waals surface area contributed by atoms with Crippen molar-refractivity contribution in [3.8, 4) is 5.75 Å². The smallest absolute Gasteiger partial charge is 0.227 e. The van der Waals surface area contributed by atoms with Crippen LogP contribution in [0.4, 0.5) is 0 Å². The van der Waals surface area contributed by atoms with Gasteiger partial charge in [0.15, 0.2) is 5.16 Å². The van der Waals surface area contributed by atoms with Crippen LogP contribution in [0.15, 0.2) is 41.8 Å². The van der Waals surface area contributed by atoms with Gasteiger partial charge in [0.25, 0.3) is 0 Å². The minimum atomic E-state index is -0.350. The SMILES string of the molecule is COc1ccccc1Cn1ccnc1SCC(N)=O. The predicted octanol–water partition coefficient (Wildman–Crippen LogP) is 1.52. The Morgan fingerprint density at radius 1 is 1.47 bits per heavy atom. The molecule has 0 unspecified atom stereocenters. The van der Waals surface area contributed by atoms with Crippen LogP contribution in [-0.2, 0) is 11.3 Å². The fourth-order valence-electron chi connectivity index (χ4n) is 1.71. The van der Waals surface area contributed by atoms with E-state index in [0.29, 0.717) is 6.54 Å². The van der Waals surface area contributed by atoms with Crippen LogP contribution in [0.5, 0.6) is 5.75 Å². The Bertz CT molecular complexity index is 569. The Morgan fingerprint density at radius 3 is 3.00 bits per heavy atom. The molecule has 0 spiro atoms. The van der Waals surface area contributed by atoms with E-state index in [4.69, 9.17) is 10.5 Å². The van der Waals surface area contributed by atoms with Crippen molar-refractivity contribution in [2.75, 3.05) is 12.9 Å². The van der Waals surface area contributed by atoms with Gasteiger partial charge in [0.2, 0.25) is 5.91 Å². The standard InChI is InChI=1S/C13H15N3O2S/c1-18-11-5-3-2-4-10(11)8-16-7-6-15-13(16)19-9-12(14)17/h2-7H,8-9H2,1H3,(H2,14,17). The number of methoxy groups -OCH3 is 1. The van der Waals surface area contributed by atoms with E-state index in [0.717, 1.165) is 16.5 Å². The summed E-state index contributed by atoms with van der Waals surface area (Å²) in [6.07, 6.45) is 3.58. The highest BCUT2D eigenvalue weighted by Crippen LogP contribution is 2.22. The highest BCUT2D eigenvalue weighted by atomic mass is 32.2. The summed E-state index contributed by atoms with van der Waals surface area (Å²) in [5.74, 6) is 0.710. The first-order valence-corrected chi connectivity index (χ1v) is 6.73.